The Labute approximate surface area is 151 Å². The summed E-state index contributed by atoms with van der Waals surface area (Å²) >= 11 is 0. The molecule has 0 saturated carbocycles. The molecule has 4 heterocycles. The van der Waals surface area contributed by atoms with E-state index < -0.39 is 5.60 Å². The van der Waals surface area contributed by atoms with E-state index in [1.165, 1.54) is 0 Å². The number of ether oxygens (including phenoxy) is 1. The number of aryl methyl sites for hydroxylation is 2. The van der Waals surface area contributed by atoms with Gasteiger partial charge >= 0.3 is 6.09 Å². The van der Waals surface area contributed by atoms with Gasteiger partial charge in [0.05, 0.1) is 12.2 Å². The summed E-state index contributed by atoms with van der Waals surface area (Å²) in [6.07, 6.45) is 1.08. The van der Waals surface area contributed by atoms with E-state index in [2.05, 4.69) is 10.1 Å². The van der Waals surface area contributed by atoms with Crippen LogP contribution in [0.1, 0.15) is 41.6 Å². The average molecular weight is 357 g/mol. The van der Waals surface area contributed by atoms with E-state index in [-0.39, 0.29) is 12.0 Å². The quantitative estimate of drug-likeness (QED) is 0.819. The number of nitrogens with zero attached hydrogens (tertiary/aromatic N) is 5. The normalized spacial score (nSPS) is 19.4. The van der Waals surface area contributed by atoms with Gasteiger partial charge in [0.15, 0.2) is 5.65 Å². The minimum Gasteiger partial charge on any atom is -0.441 e. The molecule has 0 aromatic carbocycles. The molecule has 2 aliphatic heterocycles. The van der Waals surface area contributed by atoms with Crippen molar-refractivity contribution < 1.29 is 14.3 Å². The molecule has 4 rings (SSSR count). The fraction of sp³-hybridized carbons (Fsp3) is 0.556. The van der Waals surface area contributed by atoms with Crippen LogP contribution in [-0.4, -0.2) is 68.2 Å². The number of hydrogen-bond donors (Lipinski definition) is 0. The number of amides is 2. The van der Waals surface area contributed by atoms with Crippen LogP contribution in [0, 0.1) is 13.8 Å². The molecule has 8 heteroatoms. The predicted octanol–water partition coefficient (Wildman–Crippen LogP) is 1.79. The van der Waals surface area contributed by atoms with Gasteiger partial charge in [-0.3, -0.25) is 4.79 Å². The first-order chi connectivity index (χ1) is 12.4. The molecule has 1 spiro atoms. The average Bonchev–Trinajstić information content (AvgIpc) is 3.14. The van der Waals surface area contributed by atoms with Crippen LogP contribution < -0.4 is 0 Å². The summed E-state index contributed by atoms with van der Waals surface area (Å²) in [6.45, 7) is 8.16. The first kappa shape index (κ1) is 16.8. The van der Waals surface area contributed by atoms with E-state index in [9.17, 15) is 9.59 Å². The van der Waals surface area contributed by atoms with Crippen molar-refractivity contribution in [2.24, 2.45) is 0 Å². The molecule has 0 atom stereocenters. The van der Waals surface area contributed by atoms with Gasteiger partial charge in [-0.05, 0) is 26.8 Å². The van der Waals surface area contributed by atoms with Crippen molar-refractivity contribution in [3.05, 3.63) is 29.2 Å². The lowest BCUT2D eigenvalue weighted by Gasteiger charge is -2.37. The van der Waals surface area contributed by atoms with E-state index in [0.29, 0.717) is 50.4 Å². The Hall–Kier alpha value is -2.64. The number of rotatable bonds is 2. The predicted molar refractivity (Wildman–Crippen MR) is 94.1 cm³/mol. The van der Waals surface area contributed by atoms with Crippen LogP contribution in [0.2, 0.25) is 0 Å². The molecule has 26 heavy (non-hydrogen) atoms. The van der Waals surface area contributed by atoms with Gasteiger partial charge < -0.3 is 14.5 Å². The second-order valence-corrected chi connectivity index (χ2v) is 7.20. The lowest BCUT2D eigenvalue weighted by atomic mass is 9.91. The van der Waals surface area contributed by atoms with E-state index in [1.54, 1.807) is 20.4 Å². The number of fused-ring (bicyclic) bond motifs is 1. The minimum atomic E-state index is -0.445. The van der Waals surface area contributed by atoms with Crippen molar-refractivity contribution in [2.45, 2.75) is 39.2 Å². The fourth-order valence-electron chi connectivity index (χ4n) is 3.82. The van der Waals surface area contributed by atoms with Crippen molar-refractivity contribution >= 4 is 17.6 Å². The Morgan fingerprint density at radius 2 is 2.00 bits per heavy atom. The lowest BCUT2D eigenvalue weighted by molar-refractivity contribution is 0.00297. The Balaban J connectivity index is 1.50. The molecule has 2 aromatic heterocycles. The number of likely N-dealkylation sites (N-methyl/N-ethyl adjacent to an activating group) is 1. The molecule has 2 saturated heterocycles. The summed E-state index contributed by atoms with van der Waals surface area (Å²) in [7, 11) is 0. The molecule has 0 aliphatic carbocycles. The van der Waals surface area contributed by atoms with Gasteiger partial charge in [0.25, 0.3) is 5.91 Å². The zero-order chi connectivity index (χ0) is 18.5. The maximum atomic E-state index is 12.9. The third-order valence-electron chi connectivity index (χ3n) is 5.33. The summed E-state index contributed by atoms with van der Waals surface area (Å²) in [5.74, 6) is -0.0824. The standard InChI is InChI=1S/C18H23N5O3/c1-4-21-11-18(26-17(21)25)5-7-22(8-6-18)16(24)14-10-13(3)23-15(19-14)9-12(2)20-23/h9-10H,4-8,11H2,1-3H3. The second-order valence-electron chi connectivity index (χ2n) is 7.20. The zero-order valence-electron chi connectivity index (χ0n) is 15.4. The van der Waals surface area contributed by atoms with E-state index in [0.717, 1.165) is 11.4 Å². The lowest BCUT2D eigenvalue weighted by Crippen LogP contribution is -2.48. The molecule has 138 valence electrons. The number of carbonyl (C=O) groups excluding carboxylic acids is 2. The van der Waals surface area contributed by atoms with E-state index >= 15 is 0 Å². The van der Waals surface area contributed by atoms with Gasteiger partial charge in [0.1, 0.15) is 11.3 Å². The number of carbonyl (C=O) groups is 2. The van der Waals surface area contributed by atoms with E-state index in [4.69, 9.17) is 4.74 Å². The number of piperidine rings is 1. The highest BCUT2D eigenvalue weighted by Crippen LogP contribution is 2.33. The van der Waals surface area contributed by atoms with Crippen LogP contribution in [0.5, 0.6) is 0 Å². The molecule has 2 aliphatic rings. The van der Waals surface area contributed by atoms with Crippen molar-refractivity contribution in [3.63, 3.8) is 0 Å². The monoisotopic (exact) mass is 357 g/mol. The summed E-state index contributed by atoms with van der Waals surface area (Å²) in [4.78, 5) is 32.8. The molecule has 0 N–H and O–H groups in total. The molecular formula is C18H23N5O3. The minimum absolute atomic E-state index is 0.0824. The van der Waals surface area contributed by atoms with Crippen LogP contribution in [0.4, 0.5) is 4.79 Å². The zero-order valence-corrected chi connectivity index (χ0v) is 15.4. The Kier molecular flexibility index (Phi) is 3.86. The van der Waals surface area contributed by atoms with Crippen LogP contribution >= 0.6 is 0 Å². The third kappa shape index (κ3) is 2.69. The molecule has 0 bridgehead atoms. The first-order valence-electron chi connectivity index (χ1n) is 9.02. The summed E-state index contributed by atoms with van der Waals surface area (Å²) in [6, 6.07) is 3.65. The summed E-state index contributed by atoms with van der Waals surface area (Å²) < 4.78 is 7.37. The van der Waals surface area contributed by atoms with Gasteiger partial charge in [0.2, 0.25) is 0 Å². The van der Waals surface area contributed by atoms with Gasteiger partial charge in [-0.1, -0.05) is 0 Å². The SMILES string of the molecule is CCN1CC2(CCN(C(=O)c3cc(C)n4nc(C)cc4n3)CC2)OC1=O. The molecule has 2 aromatic rings. The number of aromatic nitrogens is 3. The summed E-state index contributed by atoms with van der Waals surface area (Å²) in [5, 5.41) is 4.37. The maximum Gasteiger partial charge on any atom is 0.410 e. The van der Waals surface area contributed by atoms with Gasteiger partial charge in [-0.15, -0.1) is 0 Å². The first-order valence-corrected chi connectivity index (χ1v) is 9.02. The van der Waals surface area contributed by atoms with Crippen LogP contribution in [0.3, 0.4) is 0 Å². The summed E-state index contributed by atoms with van der Waals surface area (Å²) in [5.41, 5.74) is 2.42. The van der Waals surface area contributed by atoms with E-state index in [1.807, 2.05) is 26.8 Å². The highest BCUT2D eigenvalue weighted by molar-refractivity contribution is 5.93. The van der Waals surface area contributed by atoms with Crippen molar-refractivity contribution in [3.8, 4) is 0 Å². The smallest absolute Gasteiger partial charge is 0.410 e. The largest absolute Gasteiger partial charge is 0.441 e. The highest BCUT2D eigenvalue weighted by atomic mass is 16.6. The number of hydrogen-bond acceptors (Lipinski definition) is 5. The van der Waals surface area contributed by atoms with Crippen molar-refractivity contribution in [2.75, 3.05) is 26.2 Å². The van der Waals surface area contributed by atoms with Crippen molar-refractivity contribution in [1.29, 1.82) is 0 Å². The second kappa shape index (κ2) is 5.96. The maximum absolute atomic E-state index is 12.9. The highest BCUT2D eigenvalue weighted by Gasteiger charge is 2.47. The molecule has 2 fully saturated rings. The molecule has 2 amide bonds. The van der Waals surface area contributed by atoms with Gasteiger partial charge in [0, 0.05) is 44.2 Å². The Morgan fingerprint density at radius 1 is 1.27 bits per heavy atom. The van der Waals surface area contributed by atoms with Gasteiger partial charge in [-0.25, -0.2) is 14.3 Å². The van der Waals surface area contributed by atoms with Crippen LogP contribution in [0.25, 0.3) is 5.65 Å². The third-order valence-corrected chi connectivity index (χ3v) is 5.33. The molecular weight excluding hydrogens is 334 g/mol. The Bertz CT molecular complexity index is 882. The number of likely N-dealkylation sites (tertiary alicyclic amines) is 1. The molecule has 0 unspecified atom stereocenters. The molecule has 8 nitrogen and oxygen atoms in total. The van der Waals surface area contributed by atoms with Crippen LogP contribution in [0.15, 0.2) is 12.1 Å². The van der Waals surface area contributed by atoms with Gasteiger partial charge in [-0.2, -0.15) is 5.10 Å². The van der Waals surface area contributed by atoms with Crippen molar-refractivity contribution in [1.82, 2.24) is 24.4 Å². The fourth-order valence-corrected chi connectivity index (χ4v) is 3.82. The van der Waals surface area contributed by atoms with Crippen LogP contribution in [-0.2, 0) is 4.74 Å². The molecule has 0 radical (unpaired) electrons. The topological polar surface area (TPSA) is 80.0 Å². The Morgan fingerprint density at radius 3 is 2.65 bits per heavy atom.